The van der Waals surface area contributed by atoms with Crippen LogP contribution in [0.15, 0.2) is 17.5 Å². The van der Waals surface area contributed by atoms with E-state index in [1.807, 2.05) is 11.3 Å². The third-order valence-corrected chi connectivity index (χ3v) is 6.24. The summed E-state index contributed by atoms with van der Waals surface area (Å²) >= 11 is 7.31. The number of fused-ring (bicyclic) bond motifs is 2. The first-order chi connectivity index (χ1) is 10.1. The maximum atomic E-state index is 5.50. The molecule has 0 amide bonds. The Morgan fingerprint density at radius 3 is 2.86 bits per heavy atom. The predicted octanol–water partition coefficient (Wildman–Crippen LogP) is 3.00. The molecule has 2 aliphatic carbocycles. The van der Waals surface area contributed by atoms with Gasteiger partial charge in [-0.05, 0) is 68.9 Å². The van der Waals surface area contributed by atoms with E-state index in [0.717, 1.165) is 23.5 Å². The van der Waals surface area contributed by atoms with Gasteiger partial charge in [0, 0.05) is 17.5 Å². The van der Waals surface area contributed by atoms with Crippen LogP contribution in [-0.2, 0) is 0 Å². The minimum atomic E-state index is 0.379. The molecule has 3 rings (SSSR count). The van der Waals surface area contributed by atoms with Gasteiger partial charge in [-0.3, -0.25) is 0 Å². The van der Waals surface area contributed by atoms with Crippen LogP contribution in [0.2, 0.25) is 0 Å². The Morgan fingerprint density at radius 1 is 1.43 bits per heavy atom. The lowest BCUT2D eigenvalue weighted by Crippen LogP contribution is -2.46. The molecule has 1 heterocycles. The monoisotopic (exact) mass is 323 g/mol. The van der Waals surface area contributed by atoms with Crippen LogP contribution in [0.4, 0.5) is 0 Å². The molecule has 1 aromatic heterocycles. The van der Waals surface area contributed by atoms with Crippen LogP contribution >= 0.6 is 23.6 Å². The molecule has 2 bridgehead atoms. The van der Waals surface area contributed by atoms with Crippen LogP contribution in [0, 0.1) is 11.8 Å². The van der Waals surface area contributed by atoms with Gasteiger partial charge in [-0.25, -0.2) is 0 Å². The molecule has 0 saturated heterocycles. The zero-order valence-electron chi connectivity index (χ0n) is 12.8. The molecule has 0 aliphatic heterocycles. The highest BCUT2D eigenvalue weighted by molar-refractivity contribution is 7.80. The normalized spacial score (nSPS) is 28.8. The van der Waals surface area contributed by atoms with E-state index in [0.29, 0.717) is 12.1 Å². The van der Waals surface area contributed by atoms with Gasteiger partial charge in [0.2, 0.25) is 0 Å². The summed E-state index contributed by atoms with van der Waals surface area (Å²) in [5, 5.41) is 9.95. The van der Waals surface area contributed by atoms with Gasteiger partial charge in [0.25, 0.3) is 0 Å². The second kappa shape index (κ2) is 6.63. The topological polar surface area (TPSA) is 27.3 Å². The number of rotatable bonds is 5. The summed E-state index contributed by atoms with van der Waals surface area (Å²) in [5.74, 6) is 1.81. The number of likely N-dealkylation sites (N-methyl/N-ethyl adjacent to an activating group) is 1. The standard InChI is InChI=1S/C16H25N3S2/c1-19(2)14(15-4-3-7-21-15)10-17-16(20)18-13-9-11-5-6-12(13)8-11/h3-4,7,11-14H,5-6,8-10H2,1-2H3,(H2,17,18,20)/t11-,12-,13-,14-/m0/s1. The van der Waals surface area contributed by atoms with Crippen molar-refractivity contribution >= 4 is 28.7 Å². The number of hydrogen-bond acceptors (Lipinski definition) is 3. The second-order valence-electron chi connectivity index (χ2n) is 6.63. The fourth-order valence-corrected chi connectivity index (χ4v) is 5.01. The molecule has 2 aliphatic rings. The predicted molar refractivity (Wildman–Crippen MR) is 93.7 cm³/mol. The number of nitrogens with one attached hydrogen (secondary N) is 2. The third kappa shape index (κ3) is 3.58. The van der Waals surface area contributed by atoms with E-state index in [1.165, 1.54) is 30.6 Å². The minimum absolute atomic E-state index is 0.379. The molecule has 21 heavy (non-hydrogen) atoms. The quantitative estimate of drug-likeness (QED) is 0.815. The molecule has 4 atom stereocenters. The van der Waals surface area contributed by atoms with E-state index < -0.39 is 0 Å². The summed E-state index contributed by atoms with van der Waals surface area (Å²) in [5.41, 5.74) is 0. The van der Waals surface area contributed by atoms with Crippen molar-refractivity contribution in [1.82, 2.24) is 15.5 Å². The van der Waals surface area contributed by atoms with Crippen LogP contribution in [0.25, 0.3) is 0 Å². The number of nitrogens with zero attached hydrogens (tertiary/aromatic N) is 1. The third-order valence-electron chi connectivity index (χ3n) is 5.01. The zero-order valence-corrected chi connectivity index (χ0v) is 14.5. The van der Waals surface area contributed by atoms with Crippen molar-refractivity contribution in [3.63, 3.8) is 0 Å². The fourth-order valence-electron chi connectivity index (χ4n) is 3.85. The SMILES string of the molecule is CN(C)[C@@H](CNC(=S)N[C@H]1C[C@H]2CC[C@H]1C2)c1cccs1. The first-order valence-corrected chi connectivity index (χ1v) is 9.16. The van der Waals surface area contributed by atoms with E-state index in [4.69, 9.17) is 12.2 Å². The Labute approximate surface area is 137 Å². The number of thiophene rings is 1. The summed E-state index contributed by atoms with van der Waals surface area (Å²) in [4.78, 5) is 3.63. The molecule has 0 aromatic carbocycles. The molecule has 2 saturated carbocycles. The molecular formula is C16H25N3S2. The maximum Gasteiger partial charge on any atom is 0.166 e. The molecule has 0 unspecified atom stereocenters. The molecule has 5 heteroatoms. The minimum Gasteiger partial charge on any atom is -0.361 e. The molecular weight excluding hydrogens is 298 g/mol. The summed E-state index contributed by atoms with van der Waals surface area (Å²) in [6.45, 7) is 0.861. The van der Waals surface area contributed by atoms with Gasteiger partial charge in [-0.2, -0.15) is 0 Å². The lowest BCUT2D eigenvalue weighted by Gasteiger charge is -2.27. The Balaban J connectivity index is 1.48. The largest absolute Gasteiger partial charge is 0.361 e. The van der Waals surface area contributed by atoms with Gasteiger partial charge in [-0.1, -0.05) is 12.5 Å². The average molecular weight is 324 g/mol. The molecule has 3 nitrogen and oxygen atoms in total. The highest BCUT2D eigenvalue weighted by Crippen LogP contribution is 2.44. The maximum absolute atomic E-state index is 5.50. The van der Waals surface area contributed by atoms with Crippen LogP contribution in [0.3, 0.4) is 0 Å². The lowest BCUT2D eigenvalue weighted by atomic mass is 9.96. The fraction of sp³-hybridized carbons (Fsp3) is 0.688. The van der Waals surface area contributed by atoms with Crippen molar-refractivity contribution in [2.75, 3.05) is 20.6 Å². The van der Waals surface area contributed by atoms with E-state index in [2.05, 4.69) is 47.1 Å². The summed E-state index contributed by atoms with van der Waals surface area (Å²) in [7, 11) is 4.25. The molecule has 0 radical (unpaired) electrons. The van der Waals surface area contributed by atoms with Gasteiger partial charge in [0.1, 0.15) is 0 Å². The van der Waals surface area contributed by atoms with Crippen molar-refractivity contribution in [2.24, 2.45) is 11.8 Å². The first-order valence-electron chi connectivity index (χ1n) is 7.87. The van der Waals surface area contributed by atoms with E-state index in [-0.39, 0.29) is 0 Å². The Kier molecular flexibility index (Phi) is 4.82. The van der Waals surface area contributed by atoms with Crippen LogP contribution in [-0.4, -0.2) is 36.7 Å². The summed E-state index contributed by atoms with van der Waals surface area (Å²) in [6.07, 6.45) is 5.55. The smallest absolute Gasteiger partial charge is 0.166 e. The Morgan fingerprint density at radius 2 is 2.29 bits per heavy atom. The Bertz CT molecular complexity index is 472. The van der Waals surface area contributed by atoms with E-state index >= 15 is 0 Å². The van der Waals surface area contributed by atoms with Gasteiger partial charge >= 0.3 is 0 Å². The summed E-state index contributed by atoms with van der Waals surface area (Å²) in [6, 6.07) is 5.30. The van der Waals surface area contributed by atoms with Crippen molar-refractivity contribution in [3.05, 3.63) is 22.4 Å². The zero-order chi connectivity index (χ0) is 14.8. The van der Waals surface area contributed by atoms with Crippen LogP contribution in [0.1, 0.15) is 36.6 Å². The summed E-state index contributed by atoms with van der Waals surface area (Å²) < 4.78 is 0. The van der Waals surface area contributed by atoms with E-state index in [1.54, 1.807) is 0 Å². The Hall–Kier alpha value is -0.650. The van der Waals surface area contributed by atoms with E-state index in [9.17, 15) is 0 Å². The molecule has 0 spiro atoms. The molecule has 116 valence electrons. The van der Waals surface area contributed by atoms with Crippen molar-refractivity contribution in [2.45, 2.75) is 37.8 Å². The highest BCUT2D eigenvalue weighted by atomic mass is 32.1. The van der Waals surface area contributed by atoms with Crippen LogP contribution < -0.4 is 10.6 Å². The van der Waals surface area contributed by atoms with Gasteiger partial charge in [0.15, 0.2) is 5.11 Å². The van der Waals surface area contributed by atoms with Gasteiger partial charge in [0.05, 0.1) is 6.04 Å². The van der Waals surface area contributed by atoms with Crippen molar-refractivity contribution in [1.29, 1.82) is 0 Å². The van der Waals surface area contributed by atoms with Crippen LogP contribution in [0.5, 0.6) is 0 Å². The van der Waals surface area contributed by atoms with Gasteiger partial charge < -0.3 is 15.5 Å². The average Bonchev–Trinajstić information content (AvgIpc) is 3.15. The number of thiocarbonyl (C=S) groups is 1. The number of hydrogen-bond donors (Lipinski definition) is 2. The second-order valence-corrected chi connectivity index (χ2v) is 8.02. The van der Waals surface area contributed by atoms with Crippen molar-refractivity contribution in [3.8, 4) is 0 Å². The van der Waals surface area contributed by atoms with Crippen molar-refractivity contribution < 1.29 is 0 Å². The van der Waals surface area contributed by atoms with Gasteiger partial charge in [-0.15, -0.1) is 11.3 Å². The molecule has 2 fully saturated rings. The molecule has 2 N–H and O–H groups in total. The first kappa shape index (κ1) is 15.3. The lowest BCUT2D eigenvalue weighted by molar-refractivity contribution is 0.302. The highest BCUT2D eigenvalue weighted by Gasteiger charge is 2.39. The molecule has 1 aromatic rings.